The van der Waals surface area contributed by atoms with E-state index in [2.05, 4.69) is 10.3 Å². The molecule has 0 saturated heterocycles. The van der Waals surface area contributed by atoms with Crippen molar-refractivity contribution in [3.05, 3.63) is 52.7 Å². The average Bonchev–Trinajstić information content (AvgIpc) is 2.37. The van der Waals surface area contributed by atoms with Crippen LogP contribution in [-0.2, 0) is 12.7 Å². The van der Waals surface area contributed by atoms with Crippen molar-refractivity contribution in [3.8, 4) is 0 Å². The normalized spacial score (nSPS) is 11.4. The lowest BCUT2D eigenvalue weighted by Crippen LogP contribution is -2.06. The fourth-order valence-corrected chi connectivity index (χ4v) is 1.82. The molecule has 1 aromatic heterocycles. The molecule has 1 aromatic carbocycles. The summed E-state index contributed by atoms with van der Waals surface area (Å²) < 4.78 is 37.2. The number of benzene rings is 1. The van der Waals surface area contributed by atoms with Crippen LogP contribution in [0.3, 0.4) is 0 Å². The third-order valence-electron chi connectivity index (χ3n) is 2.60. The van der Waals surface area contributed by atoms with Crippen LogP contribution < -0.4 is 11.1 Å². The van der Waals surface area contributed by atoms with Crippen molar-refractivity contribution in [1.82, 2.24) is 4.98 Å². The van der Waals surface area contributed by atoms with Gasteiger partial charge in [-0.3, -0.25) is 0 Å². The first kappa shape index (κ1) is 14.5. The largest absolute Gasteiger partial charge is 0.416 e. The second kappa shape index (κ2) is 5.58. The Kier molecular flexibility index (Phi) is 4.04. The number of hydrogen-bond acceptors (Lipinski definition) is 3. The maximum atomic E-state index is 12.4. The molecule has 0 spiro atoms. The van der Waals surface area contributed by atoms with Gasteiger partial charge in [0.25, 0.3) is 0 Å². The molecule has 3 nitrogen and oxygen atoms in total. The van der Waals surface area contributed by atoms with E-state index in [1.807, 2.05) is 0 Å². The quantitative estimate of drug-likeness (QED) is 0.902. The Balaban J connectivity index is 2.04. The van der Waals surface area contributed by atoms with Gasteiger partial charge in [0.05, 0.1) is 22.5 Å². The molecule has 2 aromatic rings. The number of rotatable bonds is 3. The summed E-state index contributed by atoms with van der Waals surface area (Å²) in [5, 5.41) is 3.29. The van der Waals surface area contributed by atoms with Gasteiger partial charge in [0.15, 0.2) is 0 Å². The standard InChI is InChI=1S/C13H11ClF3N3/c14-11-5-10(18)7-20-12(11)19-6-8-1-3-9(4-2-8)13(15,16)17/h1-5,7H,6,18H2,(H,19,20). The van der Waals surface area contributed by atoms with E-state index in [0.717, 1.165) is 12.1 Å². The van der Waals surface area contributed by atoms with Gasteiger partial charge in [0, 0.05) is 6.54 Å². The van der Waals surface area contributed by atoms with Crippen LogP contribution in [-0.4, -0.2) is 4.98 Å². The smallest absolute Gasteiger partial charge is 0.397 e. The molecule has 0 aliphatic heterocycles. The number of alkyl halides is 3. The Morgan fingerprint density at radius 2 is 1.85 bits per heavy atom. The Morgan fingerprint density at radius 3 is 2.40 bits per heavy atom. The van der Waals surface area contributed by atoms with Crippen LogP contribution in [0.2, 0.25) is 5.02 Å². The van der Waals surface area contributed by atoms with Crippen LogP contribution in [0.4, 0.5) is 24.7 Å². The molecule has 0 aliphatic carbocycles. The molecule has 0 saturated carbocycles. The SMILES string of the molecule is Nc1cnc(NCc2ccc(C(F)(F)F)cc2)c(Cl)c1. The maximum Gasteiger partial charge on any atom is 0.416 e. The molecule has 0 aliphatic rings. The number of anilines is 2. The number of nitrogens with two attached hydrogens (primary N) is 1. The molecule has 3 N–H and O–H groups in total. The van der Waals surface area contributed by atoms with Gasteiger partial charge in [-0.05, 0) is 23.8 Å². The van der Waals surface area contributed by atoms with Gasteiger partial charge in [0.1, 0.15) is 5.82 Å². The first-order chi connectivity index (χ1) is 9.36. The number of nitrogens with zero attached hydrogens (tertiary/aromatic N) is 1. The van der Waals surface area contributed by atoms with Crippen molar-refractivity contribution in [1.29, 1.82) is 0 Å². The van der Waals surface area contributed by atoms with Crippen LogP contribution in [0.1, 0.15) is 11.1 Å². The molecule has 2 rings (SSSR count). The number of nitrogens with one attached hydrogen (secondary N) is 1. The van der Waals surface area contributed by atoms with E-state index in [1.54, 1.807) is 6.07 Å². The molecule has 20 heavy (non-hydrogen) atoms. The monoisotopic (exact) mass is 301 g/mol. The van der Waals surface area contributed by atoms with Crippen LogP contribution in [0.25, 0.3) is 0 Å². The zero-order valence-corrected chi connectivity index (χ0v) is 11.0. The third kappa shape index (κ3) is 3.54. The van der Waals surface area contributed by atoms with E-state index in [9.17, 15) is 13.2 Å². The summed E-state index contributed by atoms with van der Waals surface area (Å²) in [6.07, 6.45) is -2.88. The predicted molar refractivity (Wildman–Crippen MR) is 72.4 cm³/mol. The lowest BCUT2D eigenvalue weighted by Gasteiger charge is -2.10. The fraction of sp³-hybridized carbons (Fsp3) is 0.154. The number of hydrogen-bond donors (Lipinski definition) is 2. The van der Waals surface area contributed by atoms with Gasteiger partial charge in [0.2, 0.25) is 0 Å². The molecular formula is C13H11ClF3N3. The first-order valence-corrected chi connectivity index (χ1v) is 6.05. The number of aromatic nitrogens is 1. The van der Waals surface area contributed by atoms with Crippen LogP contribution in [0, 0.1) is 0 Å². The summed E-state index contributed by atoms with van der Waals surface area (Å²) in [7, 11) is 0. The number of pyridine rings is 1. The maximum absolute atomic E-state index is 12.4. The van der Waals surface area contributed by atoms with Gasteiger partial charge in [-0.1, -0.05) is 23.7 Å². The lowest BCUT2D eigenvalue weighted by molar-refractivity contribution is -0.137. The summed E-state index contributed by atoms with van der Waals surface area (Å²) in [4.78, 5) is 4.00. The molecule has 0 bridgehead atoms. The van der Waals surface area contributed by atoms with Crippen molar-refractivity contribution in [2.45, 2.75) is 12.7 Å². The van der Waals surface area contributed by atoms with Crippen molar-refractivity contribution < 1.29 is 13.2 Å². The van der Waals surface area contributed by atoms with E-state index in [0.29, 0.717) is 28.6 Å². The van der Waals surface area contributed by atoms with Gasteiger partial charge >= 0.3 is 6.18 Å². The van der Waals surface area contributed by atoms with Gasteiger partial charge in [-0.2, -0.15) is 13.2 Å². The van der Waals surface area contributed by atoms with Crippen molar-refractivity contribution in [2.75, 3.05) is 11.1 Å². The second-order valence-corrected chi connectivity index (χ2v) is 4.55. The first-order valence-electron chi connectivity index (χ1n) is 5.67. The number of nitrogen functional groups attached to an aromatic ring is 1. The van der Waals surface area contributed by atoms with E-state index >= 15 is 0 Å². The van der Waals surface area contributed by atoms with Gasteiger partial charge in [-0.15, -0.1) is 0 Å². The van der Waals surface area contributed by atoms with Crippen molar-refractivity contribution in [3.63, 3.8) is 0 Å². The molecule has 0 amide bonds. The molecule has 0 atom stereocenters. The molecule has 1 heterocycles. The van der Waals surface area contributed by atoms with Crippen molar-refractivity contribution in [2.24, 2.45) is 0 Å². The number of halogens is 4. The van der Waals surface area contributed by atoms with E-state index < -0.39 is 11.7 Å². The van der Waals surface area contributed by atoms with Crippen LogP contribution in [0.15, 0.2) is 36.5 Å². The zero-order chi connectivity index (χ0) is 14.8. The minimum absolute atomic E-state index is 0.314. The Hall–Kier alpha value is -1.95. The molecule has 106 valence electrons. The van der Waals surface area contributed by atoms with E-state index in [4.69, 9.17) is 17.3 Å². The van der Waals surface area contributed by atoms with Crippen LogP contribution in [0.5, 0.6) is 0 Å². The topological polar surface area (TPSA) is 50.9 Å². The predicted octanol–water partition coefficient (Wildman–Crippen LogP) is 3.95. The average molecular weight is 302 g/mol. The Labute approximate surface area is 118 Å². The highest BCUT2D eigenvalue weighted by Gasteiger charge is 2.29. The minimum Gasteiger partial charge on any atom is -0.397 e. The summed E-state index contributed by atoms with van der Waals surface area (Å²) in [6, 6.07) is 6.43. The molecule has 0 fully saturated rings. The zero-order valence-electron chi connectivity index (χ0n) is 10.2. The molecule has 0 radical (unpaired) electrons. The van der Waals surface area contributed by atoms with Gasteiger partial charge < -0.3 is 11.1 Å². The highest BCUT2D eigenvalue weighted by atomic mass is 35.5. The summed E-state index contributed by atoms with van der Waals surface area (Å²) >= 11 is 5.93. The summed E-state index contributed by atoms with van der Waals surface area (Å²) in [6.45, 7) is 0.314. The highest BCUT2D eigenvalue weighted by molar-refractivity contribution is 6.33. The van der Waals surface area contributed by atoms with E-state index in [-0.39, 0.29) is 0 Å². The van der Waals surface area contributed by atoms with Gasteiger partial charge in [-0.25, -0.2) is 4.98 Å². The minimum atomic E-state index is -4.33. The highest BCUT2D eigenvalue weighted by Crippen LogP contribution is 2.29. The Bertz CT molecular complexity index is 597. The lowest BCUT2D eigenvalue weighted by atomic mass is 10.1. The molecular weight excluding hydrogens is 291 g/mol. The summed E-state index contributed by atoms with van der Waals surface area (Å²) in [5.74, 6) is 0.431. The fourth-order valence-electron chi connectivity index (χ4n) is 1.58. The molecule has 7 heteroatoms. The second-order valence-electron chi connectivity index (χ2n) is 4.15. The van der Waals surface area contributed by atoms with Crippen LogP contribution >= 0.6 is 11.6 Å². The summed E-state index contributed by atoms with van der Waals surface area (Å²) in [5.41, 5.74) is 5.96. The third-order valence-corrected chi connectivity index (χ3v) is 2.89. The Morgan fingerprint density at radius 1 is 1.20 bits per heavy atom. The molecule has 0 unspecified atom stereocenters. The van der Waals surface area contributed by atoms with Crippen molar-refractivity contribution >= 4 is 23.1 Å². The van der Waals surface area contributed by atoms with E-state index in [1.165, 1.54) is 18.3 Å².